The average Bonchev–Trinajstić information content (AvgIpc) is 3.28. The molecule has 0 saturated heterocycles. The van der Waals surface area contributed by atoms with Gasteiger partial charge in [0.05, 0.1) is 37.8 Å². The summed E-state index contributed by atoms with van der Waals surface area (Å²) in [5.41, 5.74) is 9.68. The van der Waals surface area contributed by atoms with Gasteiger partial charge >= 0.3 is 6.03 Å². The van der Waals surface area contributed by atoms with E-state index < -0.39 is 0 Å². The number of nitrogens with zero attached hydrogens (tertiary/aromatic N) is 2. The second-order valence-electron chi connectivity index (χ2n) is 8.52. The molecule has 0 saturated carbocycles. The zero-order valence-corrected chi connectivity index (χ0v) is 21.0. The van der Waals surface area contributed by atoms with Gasteiger partial charge in [0, 0.05) is 29.6 Å². The number of urea groups is 1. The van der Waals surface area contributed by atoms with Gasteiger partial charge in [0.15, 0.2) is 16.5 Å². The van der Waals surface area contributed by atoms with Crippen molar-refractivity contribution in [3.63, 3.8) is 0 Å². The third-order valence-corrected chi connectivity index (χ3v) is 6.92. The fourth-order valence-electron chi connectivity index (χ4n) is 3.80. The molecule has 10 heteroatoms. The maximum absolute atomic E-state index is 12.9. The van der Waals surface area contributed by atoms with Crippen LogP contribution >= 0.6 is 11.3 Å². The Bertz CT molecular complexity index is 1260. The lowest BCUT2D eigenvalue weighted by Crippen LogP contribution is -2.38. The summed E-state index contributed by atoms with van der Waals surface area (Å²) in [6, 6.07) is 10.6. The molecule has 3 aromatic rings. The van der Waals surface area contributed by atoms with Gasteiger partial charge in [-0.15, -0.1) is 11.3 Å². The lowest BCUT2D eigenvalue weighted by Gasteiger charge is -2.26. The summed E-state index contributed by atoms with van der Waals surface area (Å²) < 4.78 is 10.5. The van der Waals surface area contributed by atoms with Crippen LogP contribution in [0.25, 0.3) is 0 Å². The van der Waals surface area contributed by atoms with Gasteiger partial charge in [-0.3, -0.25) is 4.79 Å². The Morgan fingerprint density at radius 3 is 2.57 bits per heavy atom. The van der Waals surface area contributed by atoms with Crippen molar-refractivity contribution in [1.82, 2.24) is 9.88 Å². The van der Waals surface area contributed by atoms with E-state index in [2.05, 4.69) is 29.5 Å². The van der Waals surface area contributed by atoms with Crippen LogP contribution in [0.1, 0.15) is 45.7 Å². The molecular formula is C25H29N5O4S. The van der Waals surface area contributed by atoms with Crippen molar-refractivity contribution >= 4 is 40.3 Å². The molecule has 9 nitrogen and oxygen atoms in total. The van der Waals surface area contributed by atoms with E-state index in [9.17, 15) is 9.59 Å². The second kappa shape index (κ2) is 10.2. The third kappa shape index (κ3) is 5.32. The van der Waals surface area contributed by atoms with E-state index in [-0.39, 0.29) is 11.9 Å². The number of methoxy groups -OCH3 is 2. The maximum Gasteiger partial charge on any atom is 0.322 e. The summed E-state index contributed by atoms with van der Waals surface area (Å²) in [7, 11) is 3.10. The van der Waals surface area contributed by atoms with Crippen molar-refractivity contribution in [2.75, 3.05) is 37.1 Å². The van der Waals surface area contributed by atoms with E-state index in [0.717, 1.165) is 16.1 Å². The zero-order valence-electron chi connectivity index (χ0n) is 20.2. The maximum atomic E-state index is 12.9. The molecule has 0 aliphatic carbocycles. The summed E-state index contributed by atoms with van der Waals surface area (Å²) in [5, 5.41) is 6.13. The summed E-state index contributed by atoms with van der Waals surface area (Å²) in [6.45, 7) is 5.04. The molecule has 4 rings (SSSR count). The molecule has 1 aliphatic rings. The van der Waals surface area contributed by atoms with Crippen LogP contribution in [-0.4, -0.2) is 42.6 Å². The minimum atomic E-state index is -0.307. The lowest BCUT2D eigenvalue weighted by atomic mass is 10.0. The molecule has 35 heavy (non-hydrogen) atoms. The predicted molar refractivity (Wildman–Crippen MR) is 138 cm³/mol. The molecule has 1 aromatic heterocycles. The number of carbonyl (C=O) groups excluding carboxylic acids is 2. The van der Waals surface area contributed by atoms with Crippen LogP contribution in [0.15, 0.2) is 36.4 Å². The van der Waals surface area contributed by atoms with Crippen LogP contribution in [0.2, 0.25) is 0 Å². The first kappa shape index (κ1) is 24.3. The second-order valence-corrected chi connectivity index (χ2v) is 9.60. The smallest absolute Gasteiger partial charge is 0.322 e. The van der Waals surface area contributed by atoms with Crippen LogP contribution in [0.3, 0.4) is 0 Å². The Hall–Kier alpha value is -3.79. The number of thiazole rings is 1. The molecule has 2 heterocycles. The number of nitrogens with one attached hydrogen (secondary N) is 2. The number of ether oxygens (including phenoxy) is 2. The minimum absolute atomic E-state index is 0.236. The summed E-state index contributed by atoms with van der Waals surface area (Å²) in [6.07, 6.45) is 0.573. The van der Waals surface area contributed by atoms with E-state index in [1.165, 1.54) is 11.3 Å². The van der Waals surface area contributed by atoms with Crippen molar-refractivity contribution in [1.29, 1.82) is 0 Å². The molecule has 0 fully saturated rings. The Morgan fingerprint density at radius 2 is 1.86 bits per heavy atom. The number of hydrogen-bond donors (Lipinski definition) is 3. The topological polar surface area (TPSA) is 119 Å². The van der Waals surface area contributed by atoms with Gasteiger partial charge in [-0.05, 0) is 35.7 Å². The van der Waals surface area contributed by atoms with Crippen LogP contribution in [0, 0.1) is 0 Å². The first-order valence-corrected chi connectivity index (χ1v) is 12.1. The standard InChI is InChI=1S/C25H29N5O4S/c1-14(2)15-5-7-17(26)19(11-15)28-23(31)24-29-18-9-10-30(13-22(18)35-24)25(32)27-16-6-8-20(33-3)21(12-16)34-4/h5-8,11-12,14H,9-10,13,26H2,1-4H3,(H,27,32)(H,28,31). The number of anilines is 3. The normalized spacial score (nSPS) is 12.8. The molecule has 1 aliphatic heterocycles. The van der Waals surface area contributed by atoms with E-state index in [4.69, 9.17) is 15.2 Å². The Balaban J connectivity index is 1.43. The SMILES string of the molecule is COc1ccc(NC(=O)N2CCc3nc(C(=O)Nc4cc(C(C)C)ccc4N)sc3C2)cc1OC. The number of aromatic nitrogens is 1. The molecule has 0 unspecified atom stereocenters. The van der Waals surface area contributed by atoms with Gasteiger partial charge < -0.3 is 30.7 Å². The van der Waals surface area contributed by atoms with E-state index in [0.29, 0.717) is 59.0 Å². The van der Waals surface area contributed by atoms with Gasteiger partial charge in [0.2, 0.25) is 0 Å². The number of hydrogen-bond acceptors (Lipinski definition) is 7. The van der Waals surface area contributed by atoms with Crippen LogP contribution in [-0.2, 0) is 13.0 Å². The molecule has 4 N–H and O–H groups in total. The van der Waals surface area contributed by atoms with Crippen molar-refractivity contribution in [2.24, 2.45) is 0 Å². The quantitative estimate of drug-likeness (QED) is 0.426. The molecule has 0 radical (unpaired) electrons. The van der Waals surface area contributed by atoms with Crippen LogP contribution in [0.4, 0.5) is 21.9 Å². The first-order chi connectivity index (χ1) is 16.8. The molecule has 0 spiro atoms. The Labute approximate surface area is 208 Å². The number of rotatable bonds is 6. The highest BCUT2D eigenvalue weighted by Crippen LogP contribution is 2.31. The third-order valence-electron chi connectivity index (χ3n) is 5.84. The number of amides is 3. The largest absolute Gasteiger partial charge is 0.493 e. The highest BCUT2D eigenvalue weighted by Gasteiger charge is 2.26. The Morgan fingerprint density at radius 1 is 1.09 bits per heavy atom. The molecule has 0 atom stereocenters. The predicted octanol–water partition coefficient (Wildman–Crippen LogP) is 4.71. The average molecular weight is 496 g/mol. The van der Waals surface area contributed by atoms with Crippen molar-refractivity contribution < 1.29 is 19.1 Å². The van der Waals surface area contributed by atoms with E-state index >= 15 is 0 Å². The number of benzene rings is 2. The van der Waals surface area contributed by atoms with E-state index in [1.54, 1.807) is 43.4 Å². The minimum Gasteiger partial charge on any atom is -0.493 e. The fraction of sp³-hybridized carbons (Fsp3) is 0.320. The molecule has 3 amide bonds. The summed E-state index contributed by atoms with van der Waals surface area (Å²) >= 11 is 1.30. The number of fused-ring (bicyclic) bond motifs is 1. The molecule has 0 bridgehead atoms. The van der Waals surface area contributed by atoms with E-state index in [1.807, 2.05) is 12.1 Å². The van der Waals surface area contributed by atoms with Gasteiger partial charge in [-0.1, -0.05) is 19.9 Å². The molecule has 184 valence electrons. The van der Waals surface area contributed by atoms with Crippen molar-refractivity contribution in [3.05, 3.63) is 57.5 Å². The number of carbonyl (C=O) groups is 2. The lowest BCUT2D eigenvalue weighted by molar-refractivity contribution is 0.102. The number of nitrogen functional groups attached to an aromatic ring is 1. The Kier molecular flexibility index (Phi) is 7.11. The van der Waals surface area contributed by atoms with Gasteiger partial charge in [-0.2, -0.15) is 0 Å². The van der Waals surface area contributed by atoms with Crippen molar-refractivity contribution in [3.8, 4) is 11.5 Å². The van der Waals surface area contributed by atoms with Crippen LogP contribution < -0.4 is 25.8 Å². The van der Waals surface area contributed by atoms with Gasteiger partial charge in [-0.25, -0.2) is 9.78 Å². The summed E-state index contributed by atoms with van der Waals surface area (Å²) in [5.74, 6) is 1.12. The fourth-order valence-corrected chi connectivity index (χ4v) is 4.82. The van der Waals surface area contributed by atoms with Gasteiger partial charge in [0.1, 0.15) is 0 Å². The first-order valence-electron chi connectivity index (χ1n) is 11.3. The van der Waals surface area contributed by atoms with Gasteiger partial charge in [0.25, 0.3) is 5.91 Å². The zero-order chi connectivity index (χ0) is 25.1. The monoisotopic (exact) mass is 495 g/mol. The number of nitrogens with two attached hydrogens (primary N) is 1. The molecular weight excluding hydrogens is 466 g/mol. The van der Waals surface area contributed by atoms with Crippen molar-refractivity contribution in [2.45, 2.75) is 32.7 Å². The highest BCUT2D eigenvalue weighted by molar-refractivity contribution is 7.13. The summed E-state index contributed by atoms with van der Waals surface area (Å²) in [4.78, 5) is 32.9. The van der Waals surface area contributed by atoms with Crippen LogP contribution in [0.5, 0.6) is 11.5 Å². The highest BCUT2D eigenvalue weighted by atomic mass is 32.1. The molecule has 2 aromatic carbocycles.